The first-order chi connectivity index (χ1) is 9.69. The summed E-state index contributed by atoms with van der Waals surface area (Å²) < 4.78 is 0.904. The van der Waals surface area contributed by atoms with Crippen LogP contribution in [0, 0.1) is 5.92 Å². The van der Waals surface area contributed by atoms with E-state index >= 15 is 0 Å². The van der Waals surface area contributed by atoms with Crippen molar-refractivity contribution in [1.29, 1.82) is 0 Å². The molecule has 2 N–H and O–H groups in total. The van der Waals surface area contributed by atoms with Gasteiger partial charge in [-0.2, -0.15) is 0 Å². The number of rotatable bonds is 2. The van der Waals surface area contributed by atoms with Crippen LogP contribution in [-0.4, -0.2) is 42.1 Å². The molecule has 0 spiro atoms. The van der Waals surface area contributed by atoms with Gasteiger partial charge >= 0.3 is 0 Å². The topological polar surface area (TPSA) is 70.2 Å². The molecular weight excluding hydrogens is 322 g/mol. The Hall–Kier alpha value is -1.37. The molecule has 2 aliphatic rings. The molecule has 3 heterocycles. The van der Waals surface area contributed by atoms with Crippen LogP contribution in [0.15, 0.2) is 10.8 Å². The summed E-state index contributed by atoms with van der Waals surface area (Å²) in [5, 5.41) is 6.16. The molecule has 0 saturated carbocycles. The number of halogens is 1. The summed E-state index contributed by atoms with van der Waals surface area (Å²) in [5.41, 5.74) is 0. The third-order valence-electron chi connectivity index (χ3n) is 4.13. The fourth-order valence-corrected chi connectivity index (χ4v) is 3.71. The van der Waals surface area contributed by atoms with Gasteiger partial charge in [-0.25, -0.2) is 9.97 Å². The highest BCUT2D eigenvalue weighted by Crippen LogP contribution is 2.33. The van der Waals surface area contributed by atoms with Gasteiger partial charge in [-0.15, -0.1) is 0 Å². The first kappa shape index (κ1) is 13.6. The zero-order chi connectivity index (χ0) is 14.1. The van der Waals surface area contributed by atoms with Gasteiger partial charge in [0.1, 0.15) is 22.4 Å². The molecule has 108 valence electrons. The van der Waals surface area contributed by atoms with E-state index in [0.717, 1.165) is 42.0 Å². The van der Waals surface area contributed by atoms with Gasteiger partial charge in [-0.3, -0.25) is 4.79 Å². The molecule has 0 aliphatic carbocycles. The monoisotopic (exact) mass is 339 g/mol. The molecule has 2 aliphatic heterocycles. The van der Waals surface area contributed by atoms with Crippen molar-refractivity contribution >= 4 is 33.5 Å². The van der Waals surface area contributed by atoms with E-state index < -0.39 is 0 Å². The van der Waals surface area contributed by atoms with Crippen molar-refractivity contribution in [3.05, 3.63) is 10.8 Å². The van der Waals surface area contributed by atoms with Crippen molar-refractivity contribution in [2.75, 3.05) is 30.4 Å². The maximum atomic E-state index is 11.4. The lowest BCUT2D eigenvalue weighted by Crippen LogP contribution is -2.54. The van der Waals surface area contributed by atoms with Crippen LogP contribution < -0.4 is 15.5 Å². The summed E-state index contributed by atoms with van der Waals surface area (Å²) in [6, 6.07) is 0.330. The van der Waals surface area contributed by atoms with Gasteiger partial charge in [0.25, 0.3) is 0 Å². The number of aromatic nitrogens is 2. The average Bonchev–Trinajstić information content (AvgIpc) is 2.47. The maximum Gasteiger partial charge on any atom is 0.220 e. The normalized spacial score (nSPS) is 25.9. The molecule has 20 heavy (non-hydrogen) atoms. The fraction of sp³-hybridized carbons (Fsp3) is 0.615. The van der Waals surface area contributed by atoms with Crippen LogP contribution >= 0.6 is 15.9 Å². The van der Waals surface area contributed by atoms with Crippen LogP contribution in [0.5, 0.6) is 0 Å². The van der Waals surface area contributed by atoms with Crippen molar-refractivity contribution in [3.63, 3.8) is 0 Å². The van der Waals surface area contributed by atoms with Crippen molar-refractivity contribution in [2.24, 2.45) is 5.92 Å². The number of nitrogens with zero attached hydrogens (tertiary/aromatic N) is 3. The van der Waals surface area contributed by atoms with Crippen molar-refractivity contribution in [3.8, 4) is 0 Å². The van der Waals surface area contributed by atoms with E-state index in [4.69, 9.17) is 0 Å². The summed E-state index contributed by atoms with van der Waals surface area (Å²) >= 11 is 3.58. The molecule has 0 bridgehead atoms. The number of anilines is 2. The lowest BCUT2D eigenvalue weighted by Gasteiger charge is -2.42. The number of hydrogen-bond donors (Lipinski definition) is 2. The Bertz CT molecular complexity index is 523. The molecule has 2 unspecified atom stereocenters. The summed E-state index contributed by atoms with van der Waals surface area (Å²) in [5.74, 6) is 2.44. The second kappa shape index (κ2) is 5.55. The predicted molar refractivity (Wildman–Crippen MR) is 80.8 cm³/mol. The fourth-order valence-electron chi connectivity index (χ4n) is 3.06. The van der Waals surface area contributed by atoms with Gasteiger partial charge in [0.05, 0.1) is 0 Å². The second-order valence-corrected chi connectivity index (χ2v) is 6.11. The van der Waals surface area contributed by atoms with Gasteiger partial charge in [-0.05, 0) is 34.7 Å². The largest absolute Gasteiger partial charge is 0.372 e. The van der Waals surface area contributed by atoms with Crippen molar-refractivity contribution < 1.29 is 4.79 Å². The number of carbonyl (C=O) groups excluding carboxylic acids is 1. The zero-order valence-electron chi connectivity index (χ0n) is 11.4. The number of carbonyl (C=O) groups is 1. The van der Waals surface area contributed by atoms with Crippen LogP contribution in [0.4, 0.5) is 11.6 Å². The number of piperidine rings is 2. The number of nitrogens with one attached hydrogen (secondary N) is 2. The Kier molecular flexibility index (Phi) is 3.78. The van der Waals surface area contributed by atoms with E-state index in [1.54, 1.807) is 6.33 Å². The van der Waals surface area contributed by atoms with Gasteiger partial charge in [0.15, 0.2) is 0 Å². The standard InChI is InChI=1S/C13H18BrN5O/c1-15-12-11(14)13(17-7-16-12)19-5-4-9-8(6-19)2-3-10(20)18-9/h7-9H,2-6H2,1H3,(H,18,20)(H,15,16,17). The van der Waals surface area contributed by atoms with E-state index in [-0.39, 0.29) is 5.91 Å². The van der Waals surface area contributed by atoms with Crippen LogP contribution in [-0.2, 0) is 4.79 Å². The van der Waals surface area contributed by atoms with Gasteiger partial charge in [0, 0.05) is 32.6 Å². The van der Waals surface area contributed by atoms with Crippen molar-refractivity contribution in [1.82, 2.24) is 15.3 Å². The lowest BCUT2D eigenvalue weighted by atomic mass is 9.85. The Morgan fingerprint density at radius 2 is 2.30 bits per heavy atom. The van der Waals surface area contributed by atoms with E-state index in [0.29, 0.717) is 18.4 Å². The third-order valence-corrected chi connectivity index (χ3v) is 4.86. The molecule has 1 aromatic rings. The average molecular weight is 340 g/mol. The molecule has 1 aromatic heterocycles. The van der Waals surface area contributed by atoms with E-state index in [2.05, 4.69) is 41.4 Å². The Morgan fingerprint density at radius 1 is 1.45 bits per heavy atom. The van der Waals surface area contributed by atoms with Crippen LogP contribution in [0.2, 0.25) is 0 Å². The highest BCUT2D eigenvalue weighted by Gasteiger charge is 2.34. The molecule has 7 heteroatoms. The zero-order valence-corrected chi connectivity index (χ0v) is 13.0. The Balaban J connectivity index is 1.78. The van der Waals surface area contributed by atoms with Gasteiger partial charge in [-0.1, -0.05) is 0 Å². The minimum absolute atomic E-state index is 0.195. The van der Waals surface area contributed by atoms with E-state index in [1.165, 1.54) is 0 Å². The molecule has 3 rings (SSSR count). The van der Waals surface area contributed by atoms with Crippen LogP contribution in [0.3, 0.4) is 0 Å². The quantitative estimate of drug-likeness (QED) is 0.851. The van der Waals surface area contributed by atoms with Crippen molar-refractivity contribution in [2.45, 2.75) is 25.3 Å². The minimum Gasteiger partial charge on any atom is -0.372 e. The number of fused-ring (bicyclic) bond motifs is 1. The molecule has 1 amide bonds. The van der Waals surface area contributed by atoms with Crippen LogP contribution in [0.25, 0.3) is 0 Å². The number of amides is 1. The molecule has 2 fully saturated rings. The summed E-state index contributed by atoms with van der Waals surface area (Å²) in [4.78, 5) is 22.3. The highest BCUT2D eigenvalue weighted by molar-refractivity contribution is 9.10. The lowest BCUT2D eigenvalue weighted by molar-refractivity contribution is -0.124. The molecular formula is C13H18BrN5O. The second-order valence-electron chi connectivity index (χ2n) is 5.32. The number of hydrogen-bond acceptors (Lipinski definition) is 5. The summed E-state index contributed by atoms with van der Waals surface area (Å²) in [7, 11) is 1.85. The molecule has 0 aromatic carbocycles. The van der Waals surface area contributed by atoms with E-state index in [1.807, 2.05) is 7.05 Å². The third kappa shape index (κ3) is 2.46. The van der Waals surface area contributed by atoms with Gasteiger partial charge in [0.2, 0.25) is 5.91 Å². The maximum absolute atomic E-state index is 11.4. The first-order valence-electron chi connectivity index (χ1n) is 6.91. The van der Waals surface area contributed by atoms with Crippen LogP contribution in [0.1, 0.15) is 19.3 Å². The minimum atomic E-state index is 0.195. The first-order valence-corrected chi connectivity index (χ1v) is 7.71. The molecule has 2 saturated heterocycles. The van der Waals surface area contributed by atoms with Gasteiger partial charge < -0.3 is 15.5 Å². The summed E-state index contributed by atoms with van der Waals surface area (Å²) in [6.45, 7) is 1.84. The Labute approximate surface area is 126 Å². The SMILES string of the molecule is CNc1ncnc(N2CCC3NC(=O)CCC3C2)c1Br. The Morgan fingerprint density at radius 3 is 3.10 bits per heavy atom. The summed E-state index contributed by atoms with van der Waals surface area (Å²) in [6.07, 6.45) is 4.17. The van der Waals surface area contributed by atoms with E-state index in [9.17, 15) is 4.79 Å². The smallest absolute Gasteiger partial charge is 0.220 e. The highest BCUT2D eigenvalue weighted by atomic mass is 79.9. The molecule has 6 nitrogen and oxygen atoms in total. The molecule has 0 radical (unpaired) electrons. The molecule has 2 atom stereocenters. The predicted octanol–water partition coefficient (Wildman–Crippen LogP) is 1.39.